The number of sulfonamides is 1. The van der Waals surface area contributed by atoms with Crippen molar-refractivity contribution in [2.45, 2.75) is 32.6 Å². The molecule has 9 heteroatoms. The number of aromatic nitrogens is 2. The Balaban J connectivity index is 1.77. The Hall–Kier alpha value is -2.84. The van der Waals surface area contributed by atoms with E-state index in [4.69, 9.17) is 11.6 Å². The van der Waals surface area contributed by atoms with E-state index in [9.17, 15) is 8.42 Å². The number of halogens is 1. The van der Waals surface area contributed by atoms with Crippen molar-refractivity contribution in [2.24, 2.45) is 0 Å². The van der Waals surface area contributed by atoms with Crippen LogP contribution in [0.25, 0.3) is 0 Å². The van der Waals surface area contributed by atoms with Crippen LogP contribution in [0, 0.1) is 13.8 Å². The third kappa shape index (κ3) is 5.45. The molecule has 2 aromatic carbocycles. The van der Waals surface area contributed by atoms with Crippen LogP contribution in [-0.2, 0) is 10.0 Å². The van der Waals surface area contributed by atoms with Gasteiger partial charge in [0.15, 0.2) is 0 Å². The van der Waals surface area contributed by atoms with Gasteiger partial charge in [-0.25, -0.2) is 13.4 Å². The molecular formula is C22H26ClN5O2S. The Kier molecular flexibility index (Phi) is 7.02. The predicted octanol–water partition coefficient (Wildman–Crippen LogP) is 5.14. The Morgan fingerprint density at radius 2 is 1.61 bits per heavy atom. The molecule has 0 saturated heterocycles. The third-order valence-corrected chi connectivity index (χ3v) is 6.76. The summed E-state index contributed by atoms with van der Waals surface area (Å²) in [6.45, 7) is 9.48. The van der Waals surface area contributed by atoms with Gasteiger partial charge in [-0.2, -0.15) is 4.98 Å². The molecular weight excluding hydrogens is 434 g/mol. The lowest BCUT2D eigenvalue weighted by Gasteiger charge is -2.20. The van der Waals surface area contributed by atoms with Crippen LogP contribution in [0.15, 0.2) is 53.4 Å². The van der Waals surface area contributed by atoms with Crippen LogP contribution in [0.2, 0.25) is 5.02 Å². The molecule has 3 aromatic rings. The van der Waals surface area contributed by atoms with Gasteiger partial charge in [0, 0.05) is 41.2 Å². The largest absolute Gasteiger partial charge is 0.357 e. The number of anilines is 4. The first-order chi connectivity index (χ1) is 14.7. The molecule has 0 saturated carbocycles. The first kappa shape index (κ1) is 22.8. The van der Waals surface area contributed by atoms with Crippen molar-refractivity contribution in [1.82, 2.24) is 9.97 Å². The van der Waals surface area contributed by atoms with Crippen molar-refractivity contribution >= 4 is 44.8 Å². The topological polar surface area (TPSA) is 87.2 Å². The molecule has 7 nitrogen and oxygen atoms in total. The van der Waals surface area contributed by atoms with Crippen LogP contribution in [0.4, 0.5) is 23.1 Å². The second kappa shape index (κ2) is 9.53. The van der Waals surface area contributed by atoms with E-state index in [1.54, 1.807) is 43.3 Å². The van der Waals surface area contributed by atoms with Crippen molar-refractivity contribution in [1.29, 1.82) is 0 Å². The summed E-state index contributed by atoms with van der Waals surface area (Å²) in [6, 6.07) is 13.7. The molecule has 0 fully saturated rings. The molecule has 0 radical (unpaired) electrons. The summed E-state index contributed by atoms with van der Waals surface area (Å²) in [7, 11) is -3.75. The number of benzene rings is 2. The van der Waals surface area contributed by atoms with Crippen LogP contribution in [0.5, 0.6) is 0 Å². The summed E-state index contributed by atoms with van der Waals surface area (Å²) in [5.74, 6) is 1.35. The van der Waals surface area contributed by atoms with Gasteiger partial charge in [-0.1, -0.05) is 17.7 Å². The van der Waals surface area contributed by atoms with Crippen molar-refractivity contribution in [3.63, 3.8) is 0 Å². The average Bonchev–Trinajstić information content (AvgIpc) is 2.72. The van der Waals surface area contributed by atoms with E-state index < -0.39 is 10.0 Å². The SMILES string of the molecule is CCN(CC)c1cc(C)nc(Nc2ccc(NS(=O)(=O)c3cccc(Cl)c3C)cc2)n1. The number of hydrogen-bond acceptors (Lipinski definition) is 6. The third-order valence-electron chi connectivity index (χ3n) is 4.83. The number of hydrogen-bond donors (Lipinski definition) is 2. The lowest BCUT2D eigenvalue weighted by atomic mass is 10.2. The molecule has 2 N–H and O–H groups in total. The molecule has 0 unspecified atom stereocenters. The van der Waals surface area contributed by atoms with Crippen molar-refractivity contribution < 1.29 is 8.42 Å². The van der Waals surface area contributed by atoms with Crippen LogP contribution >= 0.6 is 11.6 Å². The molecule has 0 aliphatic rings. The van der Waals surface area contributed by atoms with E-state index in [1.165, 1.54) is 6.07 Å². The maximum Gasteiger partial charge on any atom is 0.262 e. The Morgan fingerprint density at radius 3 is 2.26 bits per heavy atom. The van der Waals surface area contributed by atoms with Crippen molar-refractivity contribution in [3.05, 3.63) is 64.8 Å². The van der Waals surface area contributed by atoms with E-state index in [-0.39, 0.29) is 4.90 Å². The van der Waals surface area contributed by atoms with E-state index in [2.05, 4.69) is 38.8 Å². The molecule has 0 aliphatic carbocycles. The Labute approximate surface area is 188 Å². The predicted molar refractivity (Wildman–Crippen MR) is 127 cm³/mol. The normalized spacial score (nSPS) is 11.3. The summed E-state index contributed by atoms with van der Waals surface area (Å²) in [4.78, 5) is 11.3. The average molecular weight is 460 g/mol. The van der Waals surface area contributed by atoms with Crippen LogP contribution in [0.1, 0.15) is 25.1 Å². The maximum atomic E-state index is 12.7. The fraction of sp³-hybridized carbons (Fsp3) is 0.273. The van der Waals surface area contributed by atoms with Gasteiger partial charge in [0.2, 0.25) is 5.95 Å². The van der Waals surface area contributed by atoms with Gasteiger partial charge in [0.25, 0.3) is 10.0 Å². The van der Waals surface area contributed by atoms with Crippen LogP contribution in [0.3, 0.4) is 0 Å². The molecule has 0 aliphatic heterocycles. The molecule has 3 rings (SSSR count). The van der Waals surface area contributed by atoms with Crippen LogP contribution < -0.4 is 14.9 Å². The fourth-order valence-corrected chi connectivity index (χ4v) is 4.71. The van der Waals surface area contributed by atoms with Gasteiger partial charge in [-0.3, -0.25) is 4.72 Å². The summed E-state index contributed by atoms with van der Waals surface area (Å²) < 4.78 is 28.1. The number of nitrogens with zero attached hydrogens (tertiary/aromatic N) is 3. The highest BCUT2D eigenvalue weighted by Gasteiger charge is 2.18. The first-order valence-electron chi connectivity index (χ1n) is 9.99. The standard InChI is InChI=1S/C22H26ClN5O2S/c1-5-28(6-2)21-14-15(3)24-22(26-21)25-17-10-12-18(13-11-17)27-31(29,30)20-9-7-8-19(23)16(20)4/h7-14,27H,5-6H2,1-4H3,(H,24,25,26). The lowest BCUT2D eigenvalue weighted by molar-refractivity contribution is 0.600. The summed E-state index contributed by atoms with van der Waals surface area (Å²) in [6.07, 6.45) is 0. The van der Waals surface area contributed by atoms with Gasteiger partial charge in [0.05, 0.1) is 4.90 Å². The fourth-order valence-electron chi connectivity index (χ4n) is 3.16. The monoisotopic (exact) mass is 459 g/mol. The zero-order chi connectivity index (χ0) is 22.6. The number of nitrogens with one attached hydrogen (secondary N) is 2. The van der Waals surface area contributed by atoms with Crippen molar-refractivity contribution in [3.8, 4) is 0 Å². The molecule has 0 bridgehead atoms. The smallest absolute Gasteiger partial charge is 0.262 e. The molecule has 1 aromatic heterocycles. The highest BCUT2D eigenvalue weighted by atomic mass is 35.5. The van der Waals surface area contributed by atoms with Crippen molar-refractivity contribution in [2.75, 3.05) is 28.0 Å². The summed E-state index contributed by atoms with van der Waals surface area (Å²) in [5, 5.41) is 3.59. The summed E-state index contributed by atoms with van der Waals surface area (Å²) >= 11 is 6.07. The van der Waals surface area contributed by atoms with E-state index in [1.807, 2.05) is 13.0 Å². The second-order valence-electron chi connectivity index (χ2n) is 7.03. The second-order valence-corrected chi connectivity index (χ2v) is 9.09. The Morgan fingerprint density at radius 1 is 0.968 bits per heavy atom. The quantitative estimate of drug-likeness (QED) is 0.485. The minimum Gasteiger partial charge on any atom is -0.357 e. The molecule has 31 heavy (non-hydrogen) atoms. The molecule has 164 valence electrons. The van der Waals surface area contributed by atoms with Gasteiger partial charge >= 0.3 is 0 Å². The highest BCUT2D eigenvalue weighted by molar-refractivity contribution is 7.92. The molecule has 0 amide bonds. The number of rotatable bonds is 8. The molecule has 1 heterocycles. The van der Waals surface area contributed by atoms with E-state index >= 15 is 0 Å². The minimum absolute atomic E-state index is 0.152. The maximum absolute atomic E-state index is 12.7. The molecule has 0 spiro atoms. The first-order valence-corrected chi connectivity index (χ1v) is 11.8. The van der Waals surface area contributed by atoms with Crippen LogP contribution in [-0.4, -0.2) is 31.5 Å². The Bertz CT molecular complexity index is 1160. The van der Waals surface area contributed by atoms with Gasteiger partial charge in [-0.05, 0) is 69.7 Å². The zero-order valence-electron chi connectivity index (χ0n) is 18.0. The highest BCUT2D eigenvalue weighted by Crippen LogP contribution is 2.26. The van der Waals surface area contributed by atoms with E-state index in [0.29, 0.717) is 22.2 Å². The van der Waals surface area contributed by atoms with Gasteiger partial charge in [-0.15, -0.1) is 0 Å². The number of aryl methyl sites for hydroxylation is 1. The van der Waals surface area contributed by atoms with Gasteiger partial charge < -0.3 is 10.2 Å². The lowest BCUT2D eigenvalue weighted by Crippen LogP contribution is -2.23. The summed E-state index contributed by atoms with van der Waals surface area (Å²) in [5.41, 5.74) is 2.56. The molecule has 0 atom stereocenters. The minimum atomic E-state index is -3.75. The van der Waals surface area contributed by atoms with E-state index in [0.717, 1.165) is 30.3 Å². The van der Waals surface area contributed by atoms with Gasteiger partial charge in [0.1, 0.15) is 5.82 Å². The zero-order valence-corrected chi connectivity index (χ0v) is 19.5.